The molecule has 3 heterocycles. The number of aromatic nitrogens is 1. The summed E-state index contributed by atoms with van der Waals surface area (Å²) >= 11 is 1.38. The molecule has 2 aliphatic heterocycles. The topological polar surface area (TPSA) is 62.3 Å². The van der Waals surface area contributed by atoms with Crippen LogP contribution in [0.2, 0.25) is 0 Å². The normalized spacial score (nSPS) is 28.2. The van der Waals surface area contributed by atoms with Crippen LogP contribution in [0.4, 0.5) is 4.39 Å². The third-order valence-corrected chi connectivity index (χ3v) is 6.31. The Bertz CT molecular complexity index is 839. The predicted octanol–water partition coefficient (Wildman–Crippen LogP) is 3.69. The number of nitrogens with one attached hydrogen (secondary N) is 1. The zero-order valence-corrected chi connectivity index (χ0v) is 16.0. The SMILES string of the molecule is C[C@]12C[C@@H](c3ccc(F)cc3)N(C(=O)c3cscn3)[C@H]1CCCCC(=O)N2. The molecule has 142 valence electrons. The van der Waals surface area contributed by atoms with Gasteiger partial charge in [-0.15, -0.1) is 11.3 Å². The fraction of sp³-hybridized carbons (Fsp3) is 0.450. The van der Waals surface area contributed by atoms with Gasteiger partial charge in [0.05, 0.1) is 23.1 Å². The number of rotatable bonds is 2. The van der Waals surface area contributed by atoms with Crippen LogP contribution in [0.3, 0.4) is 0 Å². The summed E-state index contributed by atoms with van der Waals surface area (Å²) in [5, 5.41) is 4.92. The molecule has 0 bridgehead atoms. The molecule has 0 spiro atoms. The van der Waals surface area contributed by atoms with E-state index in [4.69, 9.17) is 0 Å². The van der Waals surface area contributed by atoms with Crippen LogP contribution in [0.25, 0.3) is 0 Å². The molecule has 27 heavy (non-hydrogen) atoms. The van der Waals surface area contributed by atoms with Crippen molar-refractivity contribution >= 4 is 23.2 Å². The molecule has 4 rings (SSSR count). The van der Waals surface area contributed by atoms with Crippen molar-refractivity contribution in [1.29, 1.82) is 0 Å². The van der Waals surface area contributed by atoms with Gasteiger partial charge in [-0.25, -0.2) is 9.37 Å². The third kappa shape index (κ3) is 3.36. The van der Waals surface area contributed by atoms with Crippen molar-refractivity contribution in [3.63, 3.8) is 0 Å². The van der Waals surface area contributed by atoms with Crippen LogP contribution >= 0.6 is 11.3 Å². The third-order valence-electron chi connectivity index (χ3n) is 5.72. The molecule has 5 nitrogen and oxygen atoms in total. The number of halogens is 1. The Morgan fingerprint density at radius 2 is 2.11 bits per heavy atom. The minimum Gasteiger partial charge on any atom is -0.349 e. The molecule has 0 aliphatic carbocycles. The Kier molecular flexibility index (Phi) is 4.72. The highest BCUT2D eigenvalue weighted by molar-refractivity contribution is 7.07. The molecule has 2 amide bonds. The fourth-order valence-corrected chi connectivity index (χ4v) is 4.98. The van der Waals surface area contributed by atoms with Crippen LogP contribution < -0.4 is 5.32 Å². The average molecular weight is 387 g/mol. The van der Waals surface area contributed by atoms with Gasteiger partial charge in [-0.3, -0.25) is 9.59 Å². The molecule has 0 unspecified atom stereocenters. The van der Waals surface area contributed by atoms with Crippen molar-refractivity contribution < 1.29 is 14.0 Å². The van der Waals surface area contributed by atoms with Crippen molar-refractivity contribution in [2.45, 2.75) is 56.7 Å². The van der Waals surface area contributed by atoms with Gasteiger partial charge >= 0.3 is 0 Å². The molecular formula is C20H22FN3O2S. The van der Waals surface area contributed by atoms with Crippen LogP contribution in [0.15, 0.2) is 35.2 Å². The summed E-state index contributed by atoms with van der Waals surface area (Å²) in [5.74, 6) is -0.406. The Labute approximate surface area is 161 Å². The van der Waals surface area contributed by atoms with Crippen molar-refractivity contribution in [2.75, 3.05) is 0 Å². The van der Waals surface area contributed by atoms with Gasteiger partial charge in [0.1, 0.15) is 11.5 Å². The van der Waals surface area contributed by atoms with Crippen LogP contribution in [0.1, 0.15) is 61.1 Å². The molecule has 2 saturated heterocycles. The summed E-state index contributed by atoms with van der Waals surface area (Å²) in [6.07, 6.45) is 3.65. The molecule has 2 aromatic rings. The highest BCUT2D eigenvalue weighted by Gasteiger charge is 2.52. The Balaban J connectivity index is 1.77. The van der Waals surface area contributed by atoms with E-state index in [1.54, 1.807) is 23.0 Å². The number of amides is 2. The van der Waals surface area contributed by atoms with E-state index in [0.29, 0.717) is 18.5 Å². The Morgan fingerprint density at radius 1 is 1.33 bits per heavy atom. The molecule has 1 aromatic carbocycles. The molecule has 1 N–H and O–H groups in total. The van der Waals surface area contributed by atoms with Gasteiger partial charge in [-0.2, -0.15) is 0 Å². The van der Waals surface area contributed by atoms with Gasteiger partial charge in [0.2, 0.25) is 5.91 Å². The van der Waals surface area contributed by atoms with E-state index in [9.17, 15) is 14.0 Å². The molecular weight excluding hydrogens is 365 g/mol. The number of thiazole rings is 1. The first-order valence-electron chi connectivity index (χ1n) is 9.25. The second-order valence-corrected chi connectivity index (χ2v) is 8.30. The summed E-state index contributed by atoms with van der Waals surface area (Å²) in [6, 6.07) is 5.95. The summed E-state index contributed by atoms with van der Waals surface area (Å²) < 4.78 is 13.4. The van der Waals surface area contributed by atoms with E-state index in [1.807, 2.05) is 11.8 Å². The molecule has 1 aromatic heterocycles. The number of nitrogens with zero attached hydrogens (tertiary/aromatic N) is 2. The first-order valence-corrected chi connectivity index (χ1v) is 10.2. The summed E-state index contributed by atoms with van der Waals surface area (Å²) in [6.45, 7) is 2.02. The predicted molar refractivity (Wildman–Crippen MR) is 101 cm³/mol. The molecule has 7 heteroatoms. The van der Waals surface area contributed by atoms with Crippen molar-refractivity contribution in [3.8, 4) is 0 Å². The highest BCUT2D eigenvalue weighted by atomic mass is 32.1. The van der Waals surface area contributed by atoms with E-state index in [0.717, 1.165) is 24.8 Å². The first kappa shape index (κ1) is 18.1. The smallest absolute Gasteiger partial charge is 0.274 e. The number of fused-ring (bicyclic) bond motifs is 1. The standard InChI is InChI=1S/C20H22FN3O2S/c1-20-10-16(13-6-8-14(21)9-7-13)24(19(26)15-11-27-12-22-15)17(20)4-2-3-5-18(25)23-20/h6-9,11-12,16-17H,2-5,10H2,1H3,(H,23,25)/t16-,17-,20-/m0/s1. The molecule has 0 saturated carbocycles. The number of hydrogen-bond acceptors (Lipinski definition) is 4. The number of carbonyl (C=O) groups is 2. The molecule has 2 aliphatic rings. The van der Waals surface area contributed by atoms with Gasteiger partial charge in [-0.05, 0) is 43.9 Å². The van der Waals surface area contributed by atoms with Crippen molar-refractivity contribution in [3.05, 3.63) is 52.2 Å². The summed E-state index contributed by atoms with van der Waals surface area (Å²) in [7, 11) is 0. The average Bonchev–Trinajstić information content (AvgIpc) is 3.24. The molecule has 3 atom stereocenters. The quantitative estimate of drug-likeness (QED) is 0.855. The Hall–Kier alpha value is -2.28. The van der Waals surface area contributed by atoms with E-state index in [-0.39, 0.29) is 29.7 Å². The van der Waals surface area contributed by atoms with E-state index in [1.165, 1.54) is 23.5 Å². The highest BCUT2D eigenvalue weighted by Crippen LogP contribution is 2.45. The van der Waals surface area contributed by atoms with Gasteiger partial charge < -0.3 is 10.2 Å². The monoisotopic (exact) mass is 387 g/mol. The first-order chi connectivity index (χ1) is 13.0. The lowest BCUT2D eigenvalue weighted by Crippen LogP contribution is -2.56. The molecule has 2 fully saturated rings. The van der Waals surface area contributed by atoms with Gasteiger partial charge in [-0.1, -0.05) is 18.6 Å². The summed E-state index contributed by atoms with van der Waals surface area (Å²) in [4.78, 5) is 31.7. The summed E-state index contributed by atoms with van der Waals surface area (Å²) in [5.41, 5.74) is 2.43. The van der Waals surface area contributed by atoms with Crippen LogP contribution in [-0.2, 0) is 4.79 Å². The Morgan fingerprint density at radius 3 is 2.81 bits per heavy atom. The number of benzene rings is 1. The maximum absolute atomic E-state index is 13.4. The lowest BCUT2D eigenvalue weighted by Gasteiger charge is -2.38. The van der Waals surface area contributed by atoms with E-state index < -0.39 is 5.54 Å². The van der Waals surface area contributed by atoms with Gasteiger partial charge in [0, 0.05) is 11.8 Å². The van der Waals surface area contributed by atoms with Crippen LogP contribution in [0.5, 0.6) is 0 Å². The van der Waals surface area contributed by atoms with Crippen molar-refractivity contribution in [1.82, 2.24) is 15.2 Å². The zero-order valence-electron chi connectivity index (χ0n) is 15.2. The fourth-order valence-electron chi connectivity index (χ4n) is 4.45. The van der Waals surface area contributed by atoms with E-state index >= 15 is 0 Å². The largest absolute Gasteiger partial charge is 0.349 e. The maximum atomic E-state index is 13.4. The minimum absolute atomic E-state index is 0.0306. The second-order valence-electron chi connectivity index (χ2n) is 7.58. The number of carbonyl (C=O) groups excluding carboxylic acids is 2. The van der Waals surface area contributed by atoms with Crippen LogP contribution in [-0.4, -0.2) is 33.3 Å². The number of hydrogen-bond donors (Lipinski definition) is 1. The van der Waals surface area contributed by atoms with Crippen LogP contribution in [0, 0.1) is 5.82 Å². The lowest BCUT2D eigenvalue weighted by atomic mass is 9.85. The zero-order chi connectivity index (χ0) is 19.0. The second kappa shape index (κ2) is 7.03. The number of likely N-dealkylation sites (tertiary alicyclic amines) is 1. The lowest BCUT2D eigenvalue weighted by molar-refractivity contribution is -0.123. The molecule has 0 radical (unpaired) electrons. The van der Waals surface area contributed by atoms with Crippen molar-refractivity contribution in [2.24, 2.45) is 0 Å². The minimum atomic E-state index is -0.512. The van der Waals surface area contributed by atoms with Gasteiger partial charge in [0.25, 0.3) is 5.91 Å². The van der Waals surface area contributed by atoms with Gasteiger partial charge in [0.15, 0.2) is 0 Å². The van der Waals surface area contributed by atoms with E-state index in [2.05, 4.69) is 10.3 Å². The maximum Gasteiger partial charge on any atom is 0.274 e.